The fourth-order valence-corrected chi connectivity index (χ4v) is 2.51. The third kappa shape index (κ3) is 2.88. The van der Waals surface area contributed by atoms with Crippen LogP contribution in [0.2, 0.25) is 0 Å². The lowest BCUT2D eigenvalue weighted by Crippen LogP contribution is -2.31. The van der Waals surface area contributed by atoms with Crippen molar-refractivity contribution in [3.05, 3.63) is 34.6 Å². The lowest BCUT2D eigenvalue weighted by molar-refractivity contribution is 0.0696. The SMILES string of the molecule is Cc1cc(F)c(CC2CCCNC2)cc1C(=O)O. The van der Waals surface area contributed by atoms with Gasteiger partial charge in [0.25, 0.3) is 0 Å². The number of carboxylic acids is 1. The average Bonchev–Trinajstić information content (AvgIpc) is 2.33. The second-order valence-electron chi connectivity index (χ2n) is 4.98. The molecule has 98 valence electrons. The molecule has 0 saturated carbocycles. The van der Waals surface area contributed by atoms with E-state index in [4.69, 9.17) is 5.11 Å². The van der Waals surface area contributed by atoms with Crippen LogP contribution in [0.1, 0.15) is 34.3 Å². The molecule has 1 fully saturated rings. The third-order valence-corrected chi connectivity index (χ3v) is 3.53. The van der Waals surface area contributed by atoms with E-state index in [0.29, 0.717) is 23.5 Å². The van der Waals surface area contributed by atoms with E-state index in [2.05, 4.69) is 5.32 Å². The molecule has 1 aliphatic heterocycles. The van der Waals surface area contributed by atoms with Gasteiger partial charge in [-0.05, 0) is 68.5 Å². The Labute approximate surface area is 106 Å². The Morgan fingerprint density at radius 1 is 1.56 bits per heavy atom. The van der Waals surface area contributed by atoms with E-state index in [0.717, 1.165) is 25.9 Å². The van der Waals surface area contributed by atoms with Gasteiger partial charge in [0.2, 0.25) is 0 Å². The number of carbonyl (C=O) groups is 1. The summed E-state index contributed by atoms with van der Waals surface area (Å²) in [6.07, 6.45) is 2.78. The molecule has 3 nitrogen and oxygen atoms in total. The maximum absolute atomic E-state index is 13.8. The fraction of sp³-hybridized carbons (Fsp3) is 0.500. The summed E-state index contributed by atoms with van der Waals surface area (Å²) in [5.41, 5.74) is 1.20. The number of hydrogen-bond acceptors (Lipinski definition) is 2. The highest BCUT2D eigenvalue weighted by atomic mass is 19.1. The van der Waals surface area contributed by atoms with Gasteiger partial charge in [-0.2, -0.15) is 0 Å². The first-order valence-corrected chi connectivity index (χ1v) is 6.31. The van der Waals surface area contributed by atoms with Crippen LogP contribution in [0, 0.1) is 18.7 Å². The second-order valence-corrected chi connectivity index (χ2v) is 4.98. The molecule has 4 heteroatoms. The summed E-state index contributed by atoms with van der Waals surface area (Å²) in [6.45, 7) is 3.53. The van der Waals surface area contributed by atoms with E-state index in [1.807, 2.05) is 0 Å². The summed E-state index contributed by atoms with van der Waals surface area (Å²) in [5, 5.41) is 12.3. The lowest BCUT2D eigenvalue weighted by Gasteiger charge is -2.23. The molecule has 2 N–H and O–H groups in total. The molecule has 1 aromatic rings. The molecule has 0 spiro atoms. The van der Waals surface area contributed by atoms with E-state index < -0.39 is 5.97 Å². The standard InChI is InChI=1S/C14H18FNO2/c1-9-5-13(15)11(7-12(9)14(17)18)6-10-3-2-4-16-8-10/h5,7,10,16H,2-4,6,8H2,1H3,(H,17,18). The second kappa shape index (κ2) is 5.48. The molecular weight excluding hydrogens is 233 g/mol. The predicted molar refractivity (Wildman–Crippen MR) is 67.4 cm³/mol. The molecule has 0 aromatic heterocycles. The van der Waals surface area contributed by atoms with Crippen LogP contribution in [0.25, 0.3) is 0 Å². The van der Waals surface area contributed by atoms with Gasteiger partial charge in [0, 0.05) is 0 Å². The number of benzene rings is 1. The first kappa shape index (κ1) is 13.0. The number of aryl methyl sites for hydroxylation is 1. The minimum Gasteiger partial charge on any atom is -0.478 e. The fourth-order valence-electron chi connectivity index (χ4n) is 2.51. The van der Waals surface area contributed by atoms with Crippen molar-refractivity contribution < 1.29 is 14.3 Å². The zero-order valence-corrected chi connectivity index (χ0v) is 10.5. The molecule has 1 heterocycles. The van der Waals surface area contributed by atoms with Gasteiger partial charge >= 0.3 is 5.97 Å². The van der Waals surface area contributed by atoms with Gasteiger partial charge < -0.3 is 10.4 Å². The molecular formula is C14H18FNO2. The Kier molecular flexibility index (Phi) is 3.97. The van der Waals surface area contributed by atoms with E-state index >= 15 is 0 Å². The first-order valence-electron chi connectivity index (χ1n) is 6.31. The lowest BCUT2D eigenvalue weighted by atomic mass is 9.90. The number of nitrogens with one attached hydrogen (secondary N) is 1. The first-order chi connectivity index (χ1) is 8.58. The number of halogens is 1. The Morgan fingerprint density at radius 3 is 2.94 bits per heavy atom. The summed E-state index contributed by atoms with van der Waals surface area (Å²) in [7, 11) is 0. The highest BCUT2D eigenvalue weighted by Crippen LogP contribution is 2.21. The van der Waals surface area contributed by atoms with E-state index in [1.54, 1.807) is 6.92 Å². The molecule has 0 bridgehead atoms. The Morgan fingerprint density at radius 2 is 2.33 bits per heavy atom. The number of hydrogen-bond donors (Lipinski definition) is 2. The van der Waals surface area contributed by atoms with Gasteiger partial charge in [-0.1, -0.05) is 0 Å². The zero-order valence-electron chi connectivity index (χ0n) is 10.5. The van der Waals surface area contributed by atoms with Crippen molar-refractivity contribution in [3.63, 3.8) is 0 Å². The van der Waals surface area contributed by atoms with Gasteiger partial charge in [0.1, 0.15) is 5.82 Å². The van der Waals surface area contributed by atoms with Crippen LogP contribution in [0.15, 0.2) is 12.1 Å². The summed E-state index contributed by atoms with van der Waals surface area (Å²) >= 11 is 0. The number of carboxylic acid groups (broad SMARTS) is 1. The summed E-state index contributed by atoms with van der Waals surface area (Å²) in [4.78, 5) is 11.0. The smallest absolute Gasteiger partial charge is 0.335 e. The molecule has 0 amide bonds. The van der Waals surface area contributed by atoms with Crippen LogP contribution in [-0.4, -0.2) is 24.2 Å². The minimum atomic E-state index is -0.990. The van der Waals surface area contributed by atoms with E-state index in [-0.39, 0.29) is 11.4 Å². The summed E-state index contributed by atoms with van der Waals surface area (Å²) < 4.78 is 13.8. The van der Waals surface area contributed by atoms with Gasteiger partial charge in [-0.25, -0.2) is 9.18 Å². The van der Waals surface area contributed by atoms with Crippen molar-refractivity contribution in [1.82, 2.24) is 5.32 Å². The highest BCUT2D eigenvalue weighted by Gasteiger charge is 2.18. The van der Waals surface area contributed by atoms with Gasteiger partial charge in [0.05, 0.1) is 5.56 Å². The number of rotatable bonds is 3. The van der Waals surface area contributed by atoms with Crippen molar-refractivity contribution >= 4 is 5.97 Å². The van der Waals surface area contributed by atoms with E-state index in [1.165, 1.54) is 12.1 Å². The summed E-state index contributed by atoms with van der Waals surface area (Å²) in [6, 6.07) is 2.82. The van der Waals surface area contributed by atoms with Gasteiger partial charge in [0.15, 0.2) is 0 Å². The van der Waals surface area contributed by atoms with Crippen molar-refractivity contribution in [2.24, 2.45) is 5.92 Å². The third-order valence-electron chi connectivity index (χ3n) is 3.53. The highest BCUT2D eigenvalue weighted by molar-refractivity contribution is 5.89. The van der Waals surface area contributed by atoms with Gasteiger partial charge in [-0.15, -0.1) is 0 Å². The minimum absolute atomic E-state index is 0.204. The van der Waals surface area contributed by atoms with Crippen LogP contribution in [0.5, 0.6) is 0 Å². The molecule has 1 aliphatic rings. The number of piperidine rings is 1. The molecule has 1 saturated heterocycles. The van der Waals surface area contributed by atoms with Crippen LogP contribution >= 0.6 is 0 Å². The molecule has 2 rings (SSSR count). The topological polar surface area (TPSA) is 49.3 Å². The largest absolute Gasteiger partial charge is 0.478 e. The Bertz CT molecular complexity index is 453. The van der Waals surface area contributed by atoms with Crippen molar-refractivity contribution in [1.29, 1.82) is 0 Å². The van der Waals surface area contributed by atoms with Crippen molar-refractivity contribution in [2.45, 2.75) is 26.2 Å². The quantitative estimate of drug-likeness (QED) is 0.867. The molecule has 1 aromatic carbocycles. The number of aromatic carboxylic acids is 1. The molecule has 0 aliphatic carbocycles. The summed E-state index contributed by atoms with van der Waals surface area (Å²) in [5.74, 6) is -0.879. The normalized spacial score (nSPS) is 19.8. The maximum atomic E-state index is 13.8. The molecule has 1 atom stereocenters. The van der Waals surface area contributed by atoms with Crippen molar-refractivity contribution in [2.75, 3.05) is 13.1 Å². The Hall–Kier alpha value is -1.42. The maximum Gasteiger partial charge on any atom is 0.335 e. The van der Waals surface area contributed by atoms with Crippen LogP contribution < -0.4 is 5.32 Å². The van der Waals surface area contributed by atoms with Crippen LogP contribution in [-0.2, 0) is 6.42 Å². The van der Waals surface area contributed by atoms with Crippen molar-refractivity contribution in [3.8, 4) is 0 Å². The zero-order chi connectivity index (χ0) is 13.1. The monoisotopic (exact) mass is 251 g/mol. The van der Waals surface area contributed by atoms with Crippen LogP contribution in [0.3, 0.4) is 0 Å². The average molecular weight is 251 g/mol. The van der Waals surface area contributed by atoms with Gasteiger partial charge in [-0.3, -0.25) is 0 Å². The molecule has 1 unspecified atom stereocenters. The predicted octanol–water partition coefficient (Wildman–Crippen LogP) is 2.37. The Balaban J connectivity index is 2.21. The van der Waals surface area contributed by atoms with Crippen LogP contribution in [0.4, 0.5) is 4.39 Å². The molecule has 18 heavy (non-hydrogen) atoms. The molecule has 0 radical (unpaired) electrons. The van der Waals surface area contributed by atoms with E-state index in [9.17, 15) is 9.18 Å².